The van der Waals surface area contributed by atoms with Crippen LogP contribution in [0, 0.1) is 0 Å². The third-order valence-electron chi connectivity index (χ3n) is 2.75. The summed E-state index contributed by atoms with van der Waals surface area (Å²) in [4.78, 5) is 10.2. The average molecular weight is 221 g/mol. The summed E-state index contributed by atoms with van der Waals surface area (Å²) in [7, 11) is 2.11. The Morgan fingerprint density at radius 3 is 2.69 bits per heavy atom. The summed E-state index contributed by atoms with van der Waals surface area (Å²) in [6, 6.07) is 6.51. The minimum atomic E-state index is 0.566. The van der Waals surface area contributed by atoms with Crippen molar-refractivity contribution >= 4 is 12.5 Å². The van der Waals surface area contributed by atoms with Crippen LogP contribution in [0.3, 0.4) is 0 Å². The summed E-state index contributed by atoms with van der Waals surface area (Å²) in [6.07, 6.45) is 0. The molecule has 0 fully saturated rings. The first kappa shape index (κ1) is 12.6. The molecule has 3 heteroatoms. The van der Waals surface area contributed by atoms with E-state index in [-0.39, 0.29) is 0 Å². The van der Waals surface area contributed by atoms with Crippen LogP contribution in [0.4, 0.5) is 5.69 Å². The maximum absolute atomic E-state index is 8.00. The van der Waals surface area contributed by atoms with Gasteiger partial charge in [0, 0.05) is 7.05 Å². The summed E-state index contributed by atoms with van der Waals surface area (Å²) < 4.78 is 5.64. The van der Waals surface area contributed by atoms with Crippen LogP contribution in [0.5, 0.6) is 5.75 Å². The first-order chi connectivity index (χ1) is 7.68. The lowest BCUT2D eigenvalue weighted by Crippen LogP contribution is -2.28. The van der Waals surface area contributed by atoms with Gasteiger partial charge in [0.05, 0.1) is 12.2 Å². The molecule has 0 bridgehead atoms. The van der Waals surface area contributed by atoms with E-state index in [1.807, 2.05) is 6.79 Å². The van der Waals surface area contributed by atoms with Crippen molar-refractivity contribution in [3.05, 3.63) is 23.8 Å². The van der Waals surface area contributed by atoms with Crippen LogP contribution >= 0.6 is 0 Å². The SMILES string of the molecule is C=O.CC(C)c1ccc2c(c1)OCCN2C. The number of likely N-dealkylation sites (N-methyl/N-ethyl adjacent to an activating group) is 1. The third kappa shape index (κ3) is 2.54. The number of rotatable bonds is 1. The molecule has 1 aromatic carbocycles. The molecule has 0 saturated carbocycles. The molecular formula is C13H19NO2. The molecule has 0 N–H and O–H groups in total. The lowest BCUT2D eigenvalue weighted by Gasteiger charge is -2.28. The molecule has 0 aliphatic carbocycles. The average Bonchev–Trinajstić information content (AvgIpc) is 2.31. The number of ether oxygens (including phenoxy) is 1. The molecule has 2 rings (SSSR count). The van der Waals surface area contributed by atoms with Crippen LogP contribution in [0.2, 0.25) is 0 Å². The minimum Gasteiger partial charge on any atom is -0.490 e. The normalized spacial score (nSPS) is 13.6. The lowest BCUT2D eigenvalue weighted by atomic mass is 10.0. The highest BCUT2D eigenvalue weighted by molar-refractivity contribution is 5.60. The van der Waals surface area contributed by atoms with Gasteiger partial charge in [-0.05, 0) is 23.6 Å². The largest absolute Gasteiger partial charge is 0.490 e. The molecule has 16 heavy (non-hydrogen) atoms. The summed E-state index contributed by atoms with van der Waals surface area (Å²) in [5, 5.41) is 0. The van der Waals surface area contributed by atoms with E-state index in [4.69, 9.17) is 9.53 Å². The fourth-order valence-corrected chi connectivity index (χ4v) is 1.73. The van der Waals surface area contributed by atoms with Crippen LogP contribution in [-0.2, 0) is 4.79 Å². The highest BCUT2D eigenvalue weighted by Gasteiger charge is 2.15. The van der Waals surface area contributed by atoms with E-state index in [9.17, 15) is 0 Å². The maximum Gasteiger partial charge on any atom is 0.142 e. The second-order valence-corrected chi connectivity index (χ2v) is 4.15. The lowest BCUT2D eigenvalue weighted by molar-refractivity contribution is -0.0979. The smallest absolute Gasteiger partial charge is 0.142 e. The Labute approximate surface area is 97.0 Å². The van der Waals surface area contributed by atoms with Gasteiger partial charge in [0.15, 0.2) is 0 Å². The van der Waals surface area contributed by atoms with Crippen molar-refractivity contribution in [1.82, 2.24) is 0 Å². The van der Waals surface area contributed by atoms with E-state index in [0.717, 1.165) is 18.9 Å². The molecule has 0 unspecified atom stereocenters. The van der Waals surface area contributed by atoms with Crippen LogP contribution in [0.15, 0.2) is 18.2 Å². The monoisotopic (exact) mass is 221 g/mol. The topological polar surface area (TPSA) is 29.5 Å². The van der Waals surface area contributed by atoms with E-state index in [1.165, 1.54) is 11.3 Å². The standard InChI is InChI=1S/C12H17NO.CH2O/c1-9(2)10-4-5-11-12(8-10)14-7-6-13(11)3;1-2/h4-5,8-9H,6-7H2,1-3H3;1H2. The van der Waals surface area contributed by atoms with Gasteiger partial charge in [0.2, 0.25) is 0 Å². The second-order valence-electron chi connectivity index (χ2n) is 4.15. The zero-order valence-electron chi connectivity index (χ0n) is 10.2. The molecule has 0 radical (unpaired) electrons. The van der Waals surface area contributed by atoms with Crippen LogP contribution < -0.4 is 9.64 Å². The Kier molecular flexibility index (Phi) is 4.35. The highest BCUT2D eigenvalue weighted by Crippen LogP contribution is 2.33. The van der Waals surface area contributed by atoms with E-state index >= 15 is 0 Å². The van der Waals surface area contributed by atoms with Crippen molar-refractivity contribution in [3.8, 4) is 5.75 Å². The van der Waals surface area contributed by atoms with E-state index in [0.29, 0.717) is 5.92 Å². The van der Waals surface area contributed by atoms with E-state index in [2.05, 4.69) is 44.0 Å². The predicted octanol–water partition coefficient (Wildman–Crippen LogP) is 2.45. The molecule has 0 spiro atoms. The van der Waals surface area contributed by atoms with Crippen molar-refractivity contribution in [2.75, 3.05) is 25.1 Å². The number of anilines is 1. The number of benzene rings is 1. The molecule has 88 valence electrons. The quantitative estimate of drug-likeness (QED) is 0.729. The van der Waals surface area contributed by atoms with Gasteiger partial charge in [-0.25, -0.2) is 0 Å². The molecule has 0 amide bonds. The Hall–Kier alpha value is -1.51. The number of fused-ring (bicyclic) bond motifs is 1. The zero-order valence-corrected chi connectivity index (χ0v) is 10.2. The number of carbonyl (C=O) groups excluding carboxylic acids is 1. The van der Waals surface area contributed by atoms with Crippen molar-refractivity contribution in [3.63, 3.8) is 0 Å². The van der Waals surface area contributed by atoms with Gasteiger partial charge in [-0.2, -0.15) is 0 Å². The van der Waals surface area contributed by atoms with Crippen LogP contribution in [-0.4, -0.2) is 27.0 Å². The number of hydrogen-bond donors (Lipinski definition) is 0. The second kappa shape index (κ2) is 5.54. The predicted molar refractivity (Wildman–Crippen MR) is 66.4 cm³/mol. The Morgan fingerprint density at radius 2 is 2.06 bits per heavy atom. The Bertz CT molecular complexity index is 350. The van der Waals surface area contributed by atoms with Gasteiger partial charge in [0.1, 0.15) is 19.1 Å². The highest BCUT2D eigenvalue weighted by atomic mass is 16.5. The van der Waals surface area contributed by atoms with E-state index < -0.39 is 0 Å². The Morgan fingerprint density at radius 1 is 1.38 bits per heavy atom. The third-order valence-corrected chi connectivity index (χ3v) is 2.75. The molecule has 0 saturated heterocycles. The van der Waals surface area contributed by atoms with E-state index in [1.54, 1.807) is 0 Å². The number of nitrogens with zero attached hydrogens (tertiary/aromatic N) is 1. The summed E-state index contributed by atoms with van der Waals surface area (Å²) in [5.41, 5.74) is 2.56. The van der Waals surface area contributed by atoms with Crippen LogP contribution in [0.25, 0.3) is 0 Å². The maximum atomic E-state index is 8.00. The number of carbonyl (C=O) groups is 1. The number of hydrogen-bond acceptors (Lipinski definition) is 3. The summed E-state index contributed by atoms with van der Waals surface area (Å²) in [5.74, 6) is 1.60. The van der Waals surface area contributed by atoms with Gasteiger partial charge < -0.3 is 14.4 Å². The Balaban J connectivity index is 0.000000606. The fourth-order valence-electron chi connectivity index (χ4n) is 1.73. The zero-order chi connectivity index (χ0) is 12.1. The van der Waals surface area contributed by atoms with Gasteiger partial charge in [-0.15, -0.1) is 0 Å². The van der Waals surface area contributed by atoms with Crippen molar-refractivity contribution < 1.29 is 9.53 Å². The molecule has 1 aromatic rings. The first-order valence-corrected chi connectivity index (χ1v) is 5.45. The molecular weight excluding hydrogens is 202 g/mol. The molecule has 1 heterocycles. The van der Waals surface area contributed by atoms with Crippen LogP contribution in [0.1, 0.15) is 25.3 Å². The molecule has 3 nitrogen and oxygen atoms in total. The van der Waals surface area contributed by atoms with Gasteiger partial charge in [0.25, 0.3) is 0 Å². The molecule has 1 aliphatic rings. The fraction of sp³-hybridized carbons (Fsp3) is 0.462. The summed E-state index contributed by atoms with van der Waals surface area (Å²) in [6.45, 7) is 8.18. The van der Waals surface area contributed by atoms with Crippen molar-refractivity contribution in [1.29, 1.82) is 0 Å². The summed E-state index contributed by atoms with van der Waals surface area (Å²) >= 11 is 0. The molecule has 1 aliphatic heterocycles. The minimum absolute atomic E-state index is 0.566. The molecule has 0 aromatic heterocycles. The van der Waals surface area contributed by atoms with Crippen molar-refractivity contribution in [2.24, 2.45) is 0 Å². The molecule has 0 atom stereocenters. The van der Waals surface area contributed by atoms with Gasteiger partial charge in [-0.3, -0.25) is 0 Å². The van der Waals surface area contributed by atoms with Crippen molar-refractivity contribution in [2.45, 2.75) is 19.8 Å². The first-order valence-electron chi connectivity index (χ1n) is 5.45. The van der Waals surface area contributed by atoms with Gasteiger partial charge >= 0.3 is 0 Å². The van der Waals surface area contributed by atoms with Gasteiger partial charge in [-0.1, -0.05) is 19.9 Å².